The van der Waals surface area contributed by atoms with Crippen LogP contribution in [-0.4, -0.2) is 9.55 Å². The van der Waals surface area contributed by atoms with Crippen LogP contribution in [0.5, 0.6) is 0 Å². The Morgan fingerprint density at radius 1 is 0.383 bits per heavy atom. The van der Waals surface area contributed by atoms with Crippen molar-refractivity contribution in [3.8, 4) is 61.6 Å². The Morgan fingerprint density at radius 3 is 1.83 bits per heavy atom. The lowest BCUT2D eigenvalue weighted by Crippen LogP contribution is -2.14. The van der Waals surface area contributed by atoms with E-state index in [0.717, 1.165) is 28.1 Å². The SMILES string of the molecule is CC1(C)c2ccccc2-c2c(-c3c4ccccc4c(-c4ccc(-c5nc6ccccc6n5-c5ccccc5)cc4)c4ccc(-c5ccc6ccccc6c5)cc34)cccc21. The number of hydrogen-bond donors (Lipinski definition) is 0. The molecule has 0 radical (unpaired) electrons. The number of imidazole rings is 1. The summed E-state index contributed by atoms with van der Waals surface area (Å²) in [7, 11) is 0. The first kappa shape index (κ1) is 34.5. The molecule has 0 N–H and O–H groups in total. The zero-order valence-electron chi connectivity index (χ0n) is 33.5. The fourth-order valence-corrected chi connectivity index (χ4v) is 10.1. The Morgan fingerprint density at radius 2 is 0.983 bits per heavy atom. The summed E-state index contributed by atoms with van der Waals surface area (Å²) in [5.41, 5.74) is 17.0. The molecule has 2 heteroatoms. The van der Waals surface area contributed by atoms with Gasteiger partial charge >= 0.3 is 0 Å². The zero-order valence-corrected chi connectivity index (χ0v) is 33.5. The van der Waals surface area contributed by atoms with Crippen LogP contribution in [-0.2, 0) is 5.41 Å². The molecular formula is C58H40N2. The van der Waals surface area contributed by atoms with Gasteiger partial charge in [0.05, 0.1) is 11.0 Å². The van der Waals surface area contributed by atoms with Crippen LogP contribution in [0, 0.1) is 0 Å². The molecule has 1 aliphatic rings. The highest BCUT2D eigenvalue weighted by atomic mass is 15.1. The van der Waals surface area contributed by atoms with Gasteiger partial charge in [0.25, 0.3) is 0 Å². The lowest BCUT2D eigenvalue weighted by molar-refractivity contribution is 0.660. The minimum Gasteiger partial charge on any atom is -0.292 e. The summed E-state index contributed by atoms with van der Waals surface area (Å²) in [6.45, 7) is 4.74. The Labute approximate surface area is 349 Å². The Balaban J connectivity index is 1.12. The van der Waals surface area contributed by atoms with E-state index in [4.69, 9.17) is 4.98 Å². The van der Waals surface area contributed by atoms with E-state index in [0.29, 0.717) is 0 Å². The molecule has 0 atom stereocenters. The van der Waals surface area contributed by atoms with Crippen molar-refractivity contribution in [3.63, 3.8) is 0 Å². The molecule has 0 saturated heterocycles. The number of benzene rings is 10. The molecule has 0 aliphatic heterocycles. The van der Waals surface area contributed by atoms with Gasteiger partial charge in [-0.25, -0.2) is 4.98 Å². The Hall–Kier alpha value is -7.55. The minimum absolute atomic E-state index is 0.105. The molecule has 0 saturated carbocycles. The maximum atomic E-state index is 5.18. The fourth-order valence-electron chi connectivity index (χ4n) is 10.1. The van der Waals surface area contributed by atoms with E-state index in [2.05, 4.69) is 225 Å². The number of hydrogen-bond acceptors (Lipinski definition) is 1. The molecule has 12 rings (SSSR count). The molecule has 0 amide bonds. The molecule has 1 heterocycles. The van der Waals surface area contributed by atoms with E-state index in [1.807, 2.05) is 0 Å². The second-order valence-electron chi connectivity index (χ2n) is 16.7. The first-order chi connectivity index (χ1) is 29.5. The second kappa shape index (κ2) is 13.2. The van der Waals surface area contributed by atoms with Gasteiger partial charge < -0.3 is 0 Å². The molecule has 60 heavy (non-hydrogen) atoms. The van der Waals surface area contributed by atoms with Crippen LogP contribution >= 0.6 is 0 Å². The topological polar surface area (TPSA) is 17.8 Å². The van der Waals surface area contributed by atoms with Gasteiger partial charge in [0.15, 0.2) is 0 Å². The molecule has 0 unspecified atom stereocenters. The van der Waals surface area contributed by atoms with Gasteiger partial charge in [-0.2, -0.15) is 0 Å². The molecule has 1 aliphatic carbocycles. The summed E-state index contributed by atoms with van der Waals surface area (Å²) in [4.78, 5) is 5.18. The molecule has 10 aromatic carbocycles. The minimum atomic E-state index is -0.105. The van der Waals surface area contributed by atoms with Crippen molar-refractivity contribution in [1.29, 1.82) is 0 Å². The number of aromatic nitrogens is 2. The predicted octanol–water partition coefficient (Wildman–Crippen LogP) is 15.5. The average molecular weight is 765 g/mol. The number of para-hydroxylation sites is 3. The summed E-state index contributed by atoms with van der Waals surface area (Å²) < 4.78 is 2.27. The summed E-state index contributed by atoms with van der Waals surface area (Å²) >= 11 is 0. The first-order valence-electron chi connectivity index (χ1n) is 20.9. The molecule has 0 spiro atoms. The van der Waals surface area contributed by atoms with Crippen LogP contribution in [0.4, 0.5) is 0 Å². The van der Waals surface area contributed by atoms with Crippen molar-refractivity contribution in [2.24, 2.45) is 0 Å². The van der Waals surface area contributed by atoms with Crippen LogP contribution in [0.1, 0.15) is 25.0 Å². The molecule has 2 nitrogen and oxygen atoms in total. The van der Waals surface area contributed by atoms with Crippen LogP contribution in [0.2, 0.25) is 0 Å². The van der Waals surface area contributed by atoms with E-state index in [1.165, 1.54) is 88.0 Å². The van der Waals surface area contributed by atoms with E-state index >= 15 is 0 Å². The number of fused-ring (bicyclic) bond motifs is 7. The van der Waals surface area contributed by atoms with Crippen LogP contribution in [0.3, 0.4) is 0 Å². The van der Waals surface area contributed by atoms with Crippen LogP contribution in [0.15, 0.2) is 206 Å². The van der Waals surface area contributed by atoms with Crippen LogP contribution in [0.25, 0.3) is 105 Å². The molecule has 0 bridgehead atoms. The van der Waals surface area contributed by atoms with Gasteiger partial charge in [-0.05, 0) is 124 Å². The largest absolute Gasteiger partial charge is 0.292 e. The number of nitrogens with zero attached hydrogens (tertiary/aromatic N) is 2. The highest BCUT2D eigenvalue weighted by Crippen LogP contribution is 2.54. The molecule has 0 fully saturated rings. The van der Waals surface area contributed by atoms with Crippen molar-refractivity contribution >= 4 is 43.4 Å². The third kappa shape index (κ3) is 5.17. The Bertz CT molecular complexity index is 3500. The van der Waals surface area contributed by atoms with Crippen molar-refractivity contribution in [1.82, 2.24) is 9.55 Å². The summed E-state index contributed by atoms with van der Waals surface area (Å²) in [5, 5.41) is 7.47. The van der Waals surface area contributed by atoms with Crippen molar-refractivity contribution in [2.75, 3.05) is 0 Å². The highest BCUT2D eigenvalue weighted by molar-refractivity contribution is 6.23. The maximum absolute atomic E-state index is 5.18. The highest BCUT2D eigenvalue weighted by Gasteiger charge is 2.37. The number of rotatable bonds is 5. The van der Waals surface area contributed by atoms with Gasteiger partial charge in [0, 0.05) is 16.7 Å². The van der Waals surface area contributed by atoms with Crippen molar-refractivity contribution in [3.05, 3.63) is 217 Å². The molecule has 282 valence electrons. The summed E-state index contributed by atoms with van der Waals surface area (Å²) in [5.74, 6) is 0.931. The van der Waals surface area contributed by atoms with Gasteiger partial charge in [-0.3, -0.25) is 4.57 Å². The monoisotopic (exact) mass is 764 g/mol. The summed E-state index contributed by atoms with van der Waals surface area (Å²) in [6.07, 6.45) is 0. The standard InChI is InChI=1S/C58H40N2/c1-58(2)50-23-11-10-21-47(50)56-48(22-14-24-51(56)58)55-45-20-9-8-19-44(45)54(46-34-33-42(36-49(46)55)41-32-27-37-15-6-7-16-40(37)35-41)38-28-30-39(31-29-38)57-59-52-25-12-13-26-53(52)60(57)43-17-4-3-5-18-43/h3-36H,1-2H3. The average Bonchev–Trinajstić information content (AvgIpc) is 3.81. The smallest absolute Gasteiger partial charge is 0.145 e. The van der Waals surface area contributed by atoms with E-state index in [9.17, 15) is 0 Å². The molecule has 11 aromatic rings. The van der Waals surface area contributed by atoms with E-state index in [1.54, 1.807) is 0 Å². The quantitative estimate of drug-likeness (QED) is 0.160. The molecular weight excluding hydrogens is 725 g/mol. The third-order valence-corrected chi connectivity index (χ3v) is 13.0. The van der Waals surface area contributed by atoms with E-state index in [-0.39, 0.29) is 5.41 Å². The van der Waals surface area contributed by atoms with Gasteiger partial charge in [0.1, 0.15) is 5.82 Å². The third-order valence-electron chi connectivity index (χ3n) is 13.0. The zero-order chi connectivity index (χ0) is 40.0. The van der Waals surface area contributed by atoms with Crippen molar-refractivity contribution in [2.45, 2.75) is 19.3 Å². The normalized spacial score (nSPS) is 13.0. The second-order valence-corrected chi connectivity index (χ2v) is 16.7. The lowest BCUT2D eigenvalue weighted by atomic mass is 9.80. The fraction of sp³-hybridized carbons (Fsp3) is 0.0517. The van der Waals surface area contributed by atoms with Gasteiger partial charge in [-0.15, -0.1) is 0 Å². The maximum Gasteiger partial charge on any atom is 0.145 e. The Kier molecular flexibility index (Phi) is 7.61. The lowest BCUT2D eigenvalue weighted by Gasteiger charge is -2.23. The van der Waals surface area contributed by atoms with Gasteiger partial charge in [0.2, 0.25) is 0 Å². The summed E-state index contributed by atoms with van der Waals surface area (Å²) in [6, 6.07) is 75.7. The molecule has 1 aromatic heterocycles. The first-order valence-corrected chi connectivity index (χ1v) is 20.9. The van der Waals surface area contributed by atoms with Crippen LogP contribution < -0.4 is 0 Å². The predicted molar refractivity (Wildman–Crippen MR) is 253 cm³/mol. The van der Waals surface area contributed by atoms with Crippen molar-refractivity contribution < 1.29 is 0 Å². The van der Waals surface area contributed by atoms with Gasteiger partial charge in [-0.1, -0.05) is 184 Å². The van der Waals surface area contributed by atoms with E-state index < -0.39 is 0 Å².